The number of para-hydroxylation sites is 1. The van der Waals surface area contributed by atoms with Crippen LogP contribution in [0, 0.1) is 0 Å². The number of methoxy groups -OCH3 is 1. The quantitative estimate of drug-likeness (QED) is 0.369. The van der Waals surface area contributed by atoms with Crippen molar-refractivity contribution in [3.63, 3.8) is 0 Å². The number of rotatable bonds is 7. The van der Waals surface area contributed by atoms with E-state index in [1.807, 2.05) is 18.2 Å². The molecule has 2 aliphatic heterocycles. The van der Waals surface area contributed by atoms with Crippen molar-refractivity contribution in [2.45, 2.75) is 64.1 Å². The maximum atomic E-state index is 13.8. The Labute approximate surface area is 247 Å². The van der Waals surface area contributed by atoms with Gasteiger partial charge in [0, 0.05) is 55.9 Å². The SMILES string of the molecule is COCCn1cc(C(=O)N2CCC3(CC2)COc2ccc(CNC(=O)OC(C)(C)C)cc23)c2cccc(OC(F)(F)F)c21. The van der Waals surface area contributed by atoms with Crippen LogP contribution < -0.4 is 14.8 Å². The molecule has 1 saturated heterocycles. The third-order valence-electron chi connectivity index (χ3n) is 7.82. The summed E-state index contributed by atoms with van der Waals surface area (Å²) in [6.07, 6.45) is -2.48. The number of ether oxygens (including phenoxy) is 4. The van der Waals surface area contributed by atoms with Crippen LogP contribution in [0.1, 0.15) is 55.1 Å². The second kappa shape index (κ2) is 11.6. The minimum absolute atomic E-state index is 0.194. The molecule has 1 spiro atoms. The van der Waals surface area contributed by atoms with Crippen molar-refractivity contribution in [2.24, 2.45) is 0 Å². The Kier molecular flexibility index (Phi) is 8.26. The first kappa shape index (κ1) is 30.5. The Hall–Kier alpha value is -3.93. The third-order valence-corrected chi connectivity index (χ3v) is 7.82. The number of carbonyl (C=O) groups excluding carboxylic acids is 2. The van der Waals surface area contributed by atoms with Gasteiger partial charge in [0.05, 0.1) is 24.3 Å². The van der Waals surface area contributed by atoms with Gasteiger partial charge in [0.25, 0.3) is 5.91 Å². The number of alkyl carbamates (subject to hydrolysis) is 1. The first-order valence-electron chi connectivity index (χ1n) is 14.2. The number of hydrogen-bond donors (Lipinski definition) is 1. The van der Waals surface area contributed by atoms with Gasteiger partial charge in [0.2, 0.25) is 0 Å². The standard InChI is InChI=1S/C31H36F3N3O6/c1-29(2,3)43-28(39)35-17-20-8-9-24-23(16-20)30(19-41-24)10-12-36(13-11-30)27(38)22-18-37(14-15-40-4)26-21(22)6-5-7-25(26)42-31(32,33)34/h5-9,16,18H,10-15,17,19H2,1-4H3,(H,35,39). The monoisotopic (exact) mass is 603 g/mol. The van der Waals surface area contributed by atoms with E-state index in [1.165, 1.54) is 19.2 Å². The zero-order chi connectivity index (χ0) is 31.0. The highest BCUT2D eigenvalue weighted by Crippen LogP contribution is 2.46. The molecule has 0 atom stereocenters. The molecular formula is C31H36F3N3O6. The molecule has 0 bridgehead atoms. The highest BCUT2D eigenvalue weighted by Gasteiger charge is 2.44. The summed E-state index contributed by atoms with van der Waals surface area (Å²) in [5.74, 6) is 0.170. The maximum absolute atomic E-state index is 13.8. The summed E-state index contributed by atoms with van der Waals surface area (Å²) >= 11 is 0. The van der Waals surface area contributed by atoms with Crippen LogP contribution in [0.2, 0.25) is 0 Å². The number of likely N-dealkylation sites (tertiary alicyclic amines) is 1. The fourth-order valence-corrected chi connectivity index (χ4v) is 5.80. The van der Waals surface area contributed by atoms with Crippen molar-refractivity contribution in [3.8, 4) is 11.5 Å². The van der Waals surface area contributed by atoms with Crippen LogP contribution in [-0.2, 0) is 28.0 Å². The molecule has 5 rings (SSSR count). The summed E-state index contributed by atoms with van der Waals surface area (Å²) in [6, 6.07) is 10.2. The van der Waals surface area contributed by atoms with Gasteiger partial charge < -0.3 is 33.7 Å². The molecule has 0 saturated carbocycles. The molecule has 1 N–H and O–H groups in total. The molecule has 2 aliphatic rings. The van der Waals surface area contributed by atoms with Gasteiger partial charge in [-0.05, 0) is 57.4 Å². The topological polar surface area (TPSA) is 91.3 Å². The molecule has 2 aromatic carbocycles. The van der Waals surface area contributed by atoms with E-state index >= 15 is 0 Å². The van der Waals surface area contributed by atoms with Crippen LogP contribution in [0.5, 0.6) is 11.5 Å². The molecule has 0 radical (unpaired) electrons. The number of hydrogen-bond acceptors (Lipinski definition) is 6. The first-order chi connectivity index (χ1) is 20.3. The fourth-order valence-electron chi connectivity index (χ4n) is 5.80. The Balaban J connectivity index is 1.33. The summed E-state index contributed by atoms with van der Waals surface area (Å²) in [7, 11) is 1.50. The van der Waals surface area contributed by atoms with Crippen LogP contribution in [-0.4, -0.2) is 66.8 Å². The Morgan fingerprint density at radius 3 is 2.51 bits per heavy atom. The summed E-state index contributed by atoms with van der Waals surface area (Å²) in [4.78, 5) is 27.7. The number of nitrogens with one attached hydrogen (secondary N) is 1. The summed E-state index contributed by atoms with van der Waals surface area (Å²) < 4.78 is 61.9. The van der Waals surface area contributed by atoms with Gasteiger partial charge in [-0.15, -0.1) is 13.2 Å². The average Bonchev–Trinajstić information content (AvgIpc) is 3.48. The molecule has 3 aromatic rings. The van der Waals surface area contributed by atoms with Gasteiger partial charge in [-0.25, -0.2) is 4.79 Å². The summed E-state index contributed by atoms with van der Waals surface area (Å²) in [5, 5.41) is 3.18. The summed E-state index contributed by atoms with van der Waals surface area (Å²) in [6.45, 7) is 7.60. The van der Waals surface area contributed by atoms with E-state index in [0.717, 1.165) is 16.9 Å². The van der Waals surface area contributed by atoms with Gasteiger partial charge >= 0.3 is 12.5 Å². The van der Waals surface area contributed by atoms with Crippen LogP contribution in [0.25, 0.3) is 10.9 Å². The number of carbonyl (C=O) groups is 2. The molecule has 1 fully saturated rings. The van der Waals surface area contributed by atoms with Crippen molar-refractivity contribution in [1.29, 1.82) is 0 Å². The number of piperidine rings is 1. The first-order valence-corrected chi connectivity index (χ1v) is 14.2. The zero-order valence-electron chi connectivity index (χ0n) is 24.7. The molecule has 0 aliphatic carbocycles. The van der Waals surface area contributed by atoms with E-state index < -0.39 is 18.1 Å². The Morgan fingerprint density at radius 2 is 1.84 bits per heavy atom. The fraction of sp³-hybridized carbons (Fsp3) is 0.484. The van der Waals surface area contributed by atoms with E-state index in [4.69, 9.17) is 14.2 Å². The average molecular weight is 604 g/mol. The van der Waals surface area contributed by atoms with Crippen molar-refractivity contribution in [2.75, 3.05) is 33.4 Å². The number of aromatic nitrogens is 1. The largest absolute Gasteiger partial charge is 0.573 e. The molecule has 12 heteroatoms. The molecule has 43 heavy (non-hydrogen) atoms. The number of amides is 2. The van der Waals surface area contributed by atoms with Crippen LogP contribution in [0.4, 0.5) is 18.0 Å². The molecular weight excluding hydrogens is 567 g/mol. The smallest absolute Gasteiger partial charge is 0.492 e. The Morgan fingerprint density at radius 1 is 1.09 bits per heavy atom. The molecule has 2 amide bonds. The maximum Gasteiger partial charge on any atom is 0.573 e. The van der Waals surface area contributed by atoms with E-state index in [1.54, 1.807) is 42.5 Å². The number of halogens is 3. The number of alkyl halides is 3. The van der Waals surface area contributed by atoms with E-state index in [0.29, 0.717) is 50.0 Å². The lowest BCUT2D eigenvalue weighted by Gasteiger charge is -2.38. The normalized spacial score (nSPS) is 16.2. The predicted molar refractivity (Wildman–Crippen MR) is 152 cm³/mol. The minimum atomic E-state index is -4.87. The third kappa shape index (κ3) is 6.69. The minimum Gasteiger partial charge on any atom is -0.492 e. The van der Waals surface area contributed by atoms with Gasteiger partial charge in [-0.3, -0.25) is 4.79 Å². The number of nitrogens with zero attached hydrogens (tertiary/aromatic N) is 2. The second-order valence-corrected chi connectivity index (χ2v) is 12.0. The van der Waals surface area contributed by atoms with E-state index in [-0.39, 0.29) is 35.7 Å². The molecule has 9 nitrogen and oxygen atoms in total. The molecule has 232 valence electrons. The van der Waals surface area contributed by atoms with Gasteiger partial charge in [0.1, 0.15) is 11.4 Å². The van der Waals surface area contributed by atoms with Crippen LogP contribution >= 0.6 is 0 Å². The van der Waals surface area contributed by atoms with Crippen LogP contribution in [0.3, 0.4) is 0 Å². The van der Waals surface area contributed by atoms with Gasteiger partial charge in [-0.2, -0.15) is 0 Å². The lowest BCUT2D eigenvalue weighted by atomic mass is 9.74. The highest BCUT2D eigenvalue weighted by molar-refractivity contribution is 6.08. The molecule has 1 aromatic heterocycles. The highest BCUT2D eigenvalue weighted by atomic mass is 19.4. The van der Waals surface area contributed by atoms with Crippen molar-refractivity contribution >= 4 is 22.9 Å². The number of benzene rings is 2. The van der Waals surface area contributed by atoms with Gasteiger partial charge in [0.15, 0.2) is 5.75 Å². The summed E-state index contributed by atoms with van der Waals surface area (Å²) in [5.41, 5.74) is 1.59. The second-order valence-electron chi connectivity index (χ2n) is 12.0. The lowest BCUT2D eigenvalue weighted by Crippen LogP contribution is -2.46. The molecule has 0 unspecified atom stereocenters. The lowest BCUT2D eigenvalue weighted by molar-refractivity contribution is -0.274. The van der Waals surface area contributed by atoms with E-state index in [2.05, 4.69) is 10.1 Å². The zero-order valence-corrected chi connectivity index (χ0v) is 24.7. The predicted octanol–water partition coefficient (Wildman–Crippen LogP) is 5.78. The van der Waals surface area contributed by atoms with Gasteiger partial charge in [-0.1, -0.05) is 18.2 Å². The van der Waals surface area contributed by atoms with Crippen molar-refractivity contribution in [1.82, 2.24) is 14.8 Å². The van der Waals surface area contributed by atoms with Crippen molar-refractivity contribution in [3.05, 3.63) is 59.3 Å². The number of fused-ring (bicyclic) bond motifs is 3. The van der Waals surface area contributed by atoms with E-state index in [9.17, 15) is 22.8 Å². The van der Waals surface area contributed by atoms with Crippen LogP contribution in [0.15, 0.2) is 42.6 Å². The Bertz CT molecular complexity index is 1500. The molecule has 3 heterocycles. The van der Waals surface area contributed by atoms with Crippen molar-refractivity contribution < 1.29 is 41.7 Å².